The fraction of sp³-hybridized carbons (Fsp3) is 0.267. The number of nitrogens with zero attached hydrogens (tertiary/aromatic N) is 1. The molecular weight excluding hydrogens is 292 g/mol. The zero-order valence-corrected chi connectivity index (χ0v) is 13.0. The molecule has 20 heavy (non-hydrogen) atoms. The summed E-state index contributed by atoms with van der Waals surface area (Å²) in [7, 11) is 4.01. The Morgan fingerprint density at radius 3 is 2.50 bits per heavy atom. The number of thiophene rings is 1. The van der Waals surface area contributed by atoms with Crippen molar-refractivity contribution in [2.75, 3.05) is 20.6 Å². The van der Waals surface area contributed by atoms with Gasteiger partial charge in [0.1, 0.15) is 0 Å². The SMILES string of the molecule is CN(C)C(CNC(=O)c1ccc(Cl)s1)c1ccccc1. The average Bonchev–Trinajstić information content (AvgIpc) is 2.86. The molecule has 106 valence electrons. The highest BCUT2D eigenvalue weighted by Gasteiger charge is 2.16. The number of hydrogen-bond donors (Lipinski definition) is 1. The Labute approximate surface area is 128 Å². The summed E-state index contributed by atoms with van der Waals surface area (Å²) >= 11 is 7.14. The molecule has 1 N–H and O–H groups in total. The van der Waals surface area contributed by atoms with Crippen LogP contribution < -0.4 is 5.32 Å². The molecule has 0 aliphatic rings. The van der Waals surface area contributed by atoms with Crippen molar-refractivity contribution in [3.05, 3.63) is 57.2 Å². The maximum atomic E-state index is 12.0. The van der Waals surface area contributed by atoms with Gasteiger partial charge in [0.25, 0.3) is 5.91 Å². The second kappa shape index (κ2) is 6.88. The second-order valence-electron chi connectivity index (χ2n) is 4.70. The quantitative estimate of drug-likeness (QED) is 0.918. The second-order valence-corrected chi connectivity index (χ2v) is 6.42. The smallest absolute Gasteiger partial charge is 0.261 e. The molecule has 0 fully saturated rings. The van der Waals surface area contributed by atoms with Crippen LogP contribution in [0.4, 0.5) is 0 Å². The van der Waals surface area contributed by atoms with Gasteiger partial charge in [-0.1, -0.05) is 41.9 Å². The summed E-state index contributed by atoms with van der Waals surface area (Å²) in [5, 5.41) is 2.96. The predicted octanol–water partition coefficient (Wildman–Crippen LogP) is 3.43. The van der Waals surface area contributed by atoms with Gasteiger partial charge in [-0.2, -0.15) is 0 Å². The van der Waals surface area contributed by atoms with E-state index in [1.54, 1.807) is 12.1 Å². The van der Waals surface area contributed by atoms with Crippen molar-refractivity contribution < 1.29 is 4.79 Å². The van der Waals surface area contributed by atoms with E-state index in [0.29, 0.717) is 15.8 Å². The average molecular weight is 309 g/mol. The Morgan fingerprint density at radius 2 is 1.95 bits per heavy atom. The number of nitrogens with one attached hydrogen (secondary N) is 1. The topological polar surface area (TPSA) is 32.3 Å². The Morgan fingerprint density at radius 1 is 1.25 bits per heavy atom. The molecule has 5 heteroatoms. The number of likely N-dealkylation sites (N-methyl/N-ethyl adjacent to an activating group) is 1. The van der Waals surface area contributed by atoms with E-state index in [0.717, 1.165) is 0 Å². The third-order valence-electron chi connectivity index (χ3n) is 3.06. The fourth-order valence-corrected chi connectivity index (χ4v) is 2.95. The standard InChI is InChI=1S/C15H17ClN2OS/c1-18(2)12(11-6-4-3-5-7-11)10-17-15(19)13-8-9-14(16)20-13/h3-9,12H,10H2,1-2H3,(H,17,19). The van der Waals surface area contributed by atoms with E-state index in [1.165, 1.54) is 16.9 Å². The minimum atomic E-state index is -0.0790. The lowest BCUT2D eigenvalue weighted by Gasteiger charge is -2.25. The van der Waals surface area contributed by atoms with E-state index < -0.39 is 0 Å². The first-order valence-corrected chi connectivity index (χ1v) is 7.52. The van der Waals surface area contributed by atoms with Crippen LogP contribution in [0, 0.1) is 0 Å². The molecule has 0 bridgehead atoms. The minimum absolute atomic E-state index is 0.0790. The highest BCUT2D eigenvalue weighted by molar-refractivity contribution is 7.17. The summed E-state index contributed by atoms with van der Waals surface area (Å²) in [6.07, 6.45) is 0. The maximum Gasteiger partial charge on any atom is 0.261 e. The highest BCUT2D eigenvalue weighted by Crippen LogP contribution is 2.22. The molecular formula is C15H17ClN2OS. The molecule has 1 aromatic heterocycles. The first-order chi connectivity index (χ1) is 9.58. The zero-order valence-electron chi connectivity index (χ0n) is 11.5. The Hall–Kier alpha value is -1.36. The highest BCUT2D eigenvalue weighted by atomic mass is 35.5. The molecule has 1 amide bonds. The molecule has 0 aliphatic heterocycles. The summed E-state index contributed by atoms with van der Waals surface area (Å²) in [4.78, 5) is 14.8. The number of amides is 1. The van der Waals surface area contributed by atoms with Crippen molar-refractivity contribution in [1.29, 1.82) is 0 Å². The molecule has 1 aromatic carbocycles. The van der Waals surface area contributed by atoms with Crippen molar-refractivity contribution >= 4 is 28.8 Å². The molecule has 0 saturated heterocycles. The van der Waals surface area contributed by atoms with Gasteiger partial charge in [0.05, 0.1) is 15.3 Å². The third-order valence-corrected chi connectivity index (χ3v) is 4.29. The van der Waals surface area contributed by atoms with Crippen LogP contribution in [0.5, 0.6) is 0 Å². The summed E-state index contributed by atoms with van der Waals surface area (Å²) in [5.41, 5.74) is 1.18. The van der Waals surface area contributed by atoms with Crippen LogP contribution in [0.1, 0.15) is 21.3 Å². The van der Waals surface area contributed by atoms with Gasteiger partial charge in [0.2, 0.25) is 0 Å². The molecule has 2 aromatic rings. The van der Waals surface area contributed by atoms with Crippen LogP contribution in [0.2, 0.25) is 4.34 Å². The van der Waals surface area contributed by atoms with Crippen molar-refractivity contribution in [1.82, 2.24) is 10.2 Å². The van der Waals surface area contributed by atoms with Gasteiger partial charge in [0, 0.05) is 6.54 Å². The number of carbonyl (C=O) groups is 1. The van der Waals surface area contributed by atoms with Gasteiger partial charge in [-0.05, 0) is 31.8 Å². The molecule has 1 unspecified atom stereocenters. The summed E-state index contributed by atoms with van der Waals surface area (Å²) in [6.45, 7) is 0.561. The molecule has 2 rings (SSSR count). The van der Waals surface area contributed by atoms with E-state index >= 15 is 0 Å². The van der Waals surface area contributed by atoms with Crippen LogP contribution in [0.15, 0.2) is 42.5 Å². The Kier molecular flexibility index (Phi) is 5.17. The van der Waals surface area contributed by atoms with Gasteiger partial charge >= 0.3 is 0 Å². The van der Waals surface area contributed by atoms with E-state index in [2.05, 4.69) is 22.3 Å². The van der Waals surface area contributed by atoms with Crippen LogP contribution in [-0.4, -0.2) is 31.4 Å². The number of halogens is 1. The normalized spacial score (nSPS) is 12.4. The molecule has 1 atom stereocenters. The van der Waals surface area contributed by atoms with Gasteiger partial charge in [-0.25, -0.2) is 0 Å². The Bertz CT molecular complexity index is 568. The van der Waals surface area contributed by atoms with E-state index in [1.807, 2.05) is 32.3 Å². The molecule has 1 heterocycles. The number of benzene rings is 1. The summed E-state index contributed by atoms with van der Waals surface area (Å²) in [5.74, 6) is -0.0790. The molecule has 0 saturated carbocycles. The van der Waals surface area contributed by atoms with Gasteiger partial charge in [-0.3, -0.25) is 4.79 Å². The maximum absolute atomic E-state index is 12.0. The van der Waals surface area contributed by atoms with Gasteiger partial charge in [-0.15, -0.1) is 11.3 Å². The molecule has 0 spiro atoms. The van der Waals surface area contributed by atoms with Crippen LogP contribution in [0.3, 0.4) is 0 Å². The van der Waals surface area contributed by atoms with Crippen molar-refractivity contribution in [2.45, 2.75) is 6.04 Å². The monoisotopic (exact) mass is 308 g/mol. The van der Waals surface area contributed by atoms with Crippen molar-refractivity contribution in [2.24, 2.45) is 0 Å². The van der Waals surface area contributed by atoms with Gasteiger partial charge in [0.15, 0.2) is 0 Å². The minimum Gasteiger partial charge on any atom is -0.349 e. The summed E-state index contributed by atoms with van der Waals surface area (Å²) in [6, 6.07) is 13.8. The lowest BCUT2D eigenvalue weighted by molar-refractivity contribution is 0.0946. The first kappa shape index (κ1) is 15.0. The molecule has 3 nitrogen and oxygen atoms in total. The van der Waals surface area contributed by atoms with E-state index in [9.17, 15) is 4.79 Å². The van der Waals surface area contributed by atoms with E-state index in [4.69, 9.17) is 11.6 Å². The number of carbonyl (C=O) groups excluding carboxylic acids is 1. The van der Waals surface area contributed by atoms with Crippen LogP contribution in [0.25, 0.3) is 0 Å². The Balaban J connectivity index is 2.01. The van der Waals surface area contributed by atoms with E-state index in [-0.39, 0.29) is 11.9 Å². The summed E-state index contributed by atoms with van der Waals surface area (Å²) < 4.78 is 0.627. The number of hydrogen-bond acceptors (Lipinski definition) is 3. The largest absolute Gasteiger partial charge is 0.349 e. The fourth-order valence-electron chi connectivity index (χ4n) is 1.99. The van der Waals surface area contributed by atoms with Crippen LogP contribution >= 0.6 is 22.9 Å². The number of rotatable bonds is 5. The zero-order chi connectivity index (χ0) is 14.5. The predicted molar refractivity (Wildman–Crippen MR) is 84.5 cm³/mol. The van der Waals surface area contributed by atoms with Crippen molar-refractivity contribution in [3.63, 3.8) is 0 Å². The van der Waals surface area contributed by atoms with Gasteiger partial charge < -0.3 is 10.2 Å². The first-order valence-electron chi connectivity index (χ1n) is 6.33. The molecule has 0 aliphatic carbocycles. The molecule has 0 radical (unpaired) electrons. The van der Waals surface area contributed by atoms with Crippen LogP contribution in [-0.2, 0) is 0 Å². The van der Waals surface area contributed by atoms with Crippen molar-refractivity contribution in [3.8, 4) is 0 Å². The third kappa shape index (κ3) is 3.82. The lowest BCUT2D eigenvalue weighted by Crippen LogP contribution is -2.34. The lowest BCUT2D eigenvalue weighted by atomic mass is 10.1.